The van der Waals surface area contributed by atoms with Crippen molar-refractivity contribution in [2.75, 3.05) is 11.5 Å². The summed E-state index contributed by atoms with van der Waals surface area (Å²) in [6, 6.07) is 15.3. The van der Waals surface area contributed by atoms with Gasteiger partial charge in [0.05, 0.1) is 5.69 Å². The highest BCUT2D eigenvalue weighted by Crippen LogP contribution is 2.32. The monoisotopic (exact) mass is 488 g/mol. The number of imide groups is 2. The standard InChI is InChI=1S/C25H17BrN2O4/c1-3-12-32-22-11-8-16-6-4-5-7-18(16)19(22)14-20-23(29)27-25(31)28(24(20)30)17-9-10-21(26)15(2)13-17/h1,4-11,13-14H,12H2,2H3,(H,27,29,31)/b20-14-. The van der Waals surface area contributed by atoms with Gasteiger partial charge in [-0.3, -0.25) is 14.9 Å². The van der Waals surface area contributed by atoms with E-state index in [1.165, 1.54) is 6.08 Å². The number of benzene rings is 3. The molecule has 0 aromatic heterocycles. The molecule has 1 aliphatic rings. The molecule has 7 heteroatoms. The predicted octanol–water partition coefficient (Wildman–Crippen LogP) is 4.59. The Morgan fingerprint density at radius 2 is 1.91 bits per heavy atom. The fourth-order valence-corrected chi connectivity index (χ4v) is 3.72. The van der Waals surface area contributed by atoms with Crippen LogP contribution in [0, 0.1) is 19.3 Å². The Labute approximate surface area is 193 Å². The lowest BCUT2D eigenvalue weighted by molar-refractivity contribution is -0.122. The summed E-state index contributed by atoms with van der Waals surface area (Å²) in [6.45, 7) is 1.87. The zero-order chi connectivity index (χ0) is 22.8. The van der Waals surface area contributed by atoms with Gasteiger partial charge in [-0.2, -0.15) is 0 Å². The third kappa shape index (κ3) is 3.88. The van der Waals surface area contributed by atoms with Gasteiger partial charge in [-0.05, 0) is 53.6 Å². The van der Waals surface area contributed by atoms with Crippen LogP contribution in [-0.4, -0.2) is 24.5 Å². The molecule has 1 aliphatic heterocycles. The number of fused-ring (bicyclic) bond motifs is 1. The summed E-state index contributed by atoms with van der Waals surface area (Å²) in [5.41, 5.74) is 1.53. The zero-order valence-electron chi connectivity index (χ0n) is 17.0. The number of hydrogen-bond acceptors (Lipinski definition) is 4. The Kier molecular flexibility index (Phi) is 5.80. The number of halogens is 1. The Morgan fingerprint density at radius 3 is 2.66 bits per heavy atom. The minimum absolute atomic E-state index is 0.0252. The third-order valence-electron chi connectivity index (χ3n) is 5.03. The highest BCUT2D eigenvalue weighted by atomic mass is 79.9. The number of terminal acetylenes is 1. The van der Waals surface area contributed by atoms with Crippen LogP contribution in [-0.2, 0) is 9.59 Å². The first-order valence-electron chi connectivity index (χ1n) is 9.66. The molecule has 158 valence electrons. The van der Waals surface area contributed by atoms with E-state index in [0.717, 1.165) is 25.7 Å². The quantitative estimate of drug-likeness (QED) is 0.331. The topological polar surface area (TPSA) is 75.7 Å². The number of carbonyl (C=O) groups is 3. The van der Waals surface area contributed by atoms with Crippen molar-refractivity contribution in [2.24, 2.45) is 0 Å². The van der Waals surface area contributed by atoms with Crippen molar-refractivity contribution in [1.82, 2.24) is 5.32 Å². The molecule has 1 saturated heterocycles. The molecule has 4 rings (SSSR count). The van der Waals surface area contributed by atoms with Crippen molar-refractivity contribution >= 4 is 56.3 Å². The van der Waals surface area contributed by atoms with E-state index < -0.39 is 17.8 Å². The molecule has 0 aliphatic carbocycles. The zero-order valence-corrected chi connectivity index (χ0v) is 18.6. The van der Waals surface area contributed by atoms with E-state index in [-0.39, 0.29) is 12.2 Å². The smallest absolute Gasteiger partial charge is 0.335 e. The van der Waals surface area contributed by atoms with Crippen molar-refractivity contribution in [3.8, 4) is 18.1 Å². The van der Waals surface area contributed by atoms with E-state index in [2.05, 4.69) is 27.2 Å². The highest BCUT2D eigenvalue weighted by molar-refractivity contribution is 9.10. The van der Waals surface area contributed by atoms with Crippen molar-refractivity contribution in [3.63, 3.8) is 0 Å². The van der Waals surface area contributed by atoms with Crippen LogP contribution in [0.2, 0.25) is 0 Å². The Hall–Kier alpha value is -3.89. The summed E-state index contributed by atoms with van der Waals surface area (Å²) in [5, 5.41) is 3.92. The van der Waals surface area contributed by atoms with Gasteiger partial charge < -0.3 is 4.74 Å². The molecule has 0 radical (unpaired) electrons. The number of hydrogen-bond donors (Lipinski definition) is 1. The molecule has 1 fully saturated rings. The van der Waals surface area contributed by atoms with Crippen LogP contribution in [0.1, 0.15) is 11.1 Å². The predicted molar refractivity (Wildman–Crippen MR) is 126 cm³/mol. The number of aryl methyl sites for hydroxylation is 1. The summed E-state index contributed by atoms with van der Waals surface area (Å²) in [4.78, 5) is 39.4. The molecular formula is C25H17BrN2O4. The number of anilines is 1. The van der Waals surface area contributed by atoms with E-state index in [1.54, 1.807) is 24.3 Å². The van der Waals surface area contributed by atoms with Gasteiger partial charge in [-0.1, -0.05) is 52.2 Å². The van der Waals surface area contributed by atoms with Crippen LogP contribution in [0.4, 0.5) is 10.5 Å². The fraction of sp³-hybridized carbons (Fsp3) is 0.0800. The second-order valence-electron chi connectivity index (χ2n) is 7.08. The van der Waals surface area contributed by atoms with Crippen LogP contribution in [0.3, 0.4) is 0 Å². The molecule has 0 bridgehead atoms. The third-order valence-corrected chi connectivity index (χ3v) is 5.92. The van der Waals surface area contributed by atoms with Gasteiger partial charge in [-0.25, -0.2) is 9.69 Å². The minimum Gasteiger partial charge on any atom is -0.480 e. The summed E-state index contributed by atoms with van der Waals surface area (Å²) >= 11 is 3.40. The fourth-order valence-electron chi connectivity index (χ4n) is 3.47. The second kappa shape index (κ2) is 8.69. The molecule has 6 nitrogen and oxygen atoms in total. The highest BCUT2D eigenvalue weighted by Gasteiger charge is 2.37. The molecule has 1 heterocycles. The van der Waals surface area contributed by atoms with Gasteiger partial charge in [0.15, 0.2) is 0 Å². The van der Waals surface area contributed by atoms with Crippen LogP contribution in [0.25, 0.3) is 16.8 Å². The van der Waals surface area contributed by atoms with Crippen LogP contribution in [0.5, 0.6) is 5.75 Å². The molecule has 0 unspecified atom stereocenters. The first-order valence-corrected chi connectivity index (χ1v) is 10.5. The number of urea groups is 1. The van der Waals surface area contributed by atoms with Gasteiger partial charge in [0, 0.05) is 10.0 Å². The first-order chi connectivity index (χ1) is 15.4. The Morgan fingerprint density at radius 1 is 1.12 bits per heavy atom. The average molecular weight is 489 g/mol. The molecule has 3 aromatic rings. The van der Waals surface area contributed by atoms with Gasteiger partial charge in [0.2, 0.25) is 0 Å². The summed E-state index contributed by atoms with van der Waals surface area (Å²) in [6.07, 6.45) is 6.77. The molecule has 0 saturated carbocycles. The number of rotatable bonds is 4. The number of amides is 4. The molecule has 0 atom stereocenters. The maximum absolute atomic E-state index is 13.3. The summed E-state index contributed by atoms with van der Waals surface area (Å²) in [5.74, 6) is 1.34. The maximum Gasteiger partial charge on any atom is 0.335 e. The average Bonchev–Trinajstić information content (AvgIpc) is 2.77. The van der Waals surface area contributed by atoms with E-state index in [9.17, 15) is 14.4 Å². The maximum atomic E-state index is 13.3. The van der Waals surface area contributed by atoms with E-state index in [1.807, 2.05) is 37.3 Å². The molecule has 4 amide bonds. The lowest BCUT2D eigenvalue weighted by Crippen LogP contribution is -2.54. The van der Waals surface area contributed by atoms with E-state index in [0.29, 0.717) is 17.0 Å². The molecule has 1 N–H and O–H groups in total. The minimum atomic E-state index is -0.805. The lowest BCUT2D eigenvalue weighted by Gasteiger charge is -2.27. The van der Waals surface area contributed by atoms with E-state index >= 15 is 0 Å². The summed E-state index contributed by atoms with van der Waals surface area (Å²) in [7, 11) is 0. The van der Waals surface area contributed by atoms with Crippen LogP contribution in [0.15, 0.2) is 64.6 Å². The Bertz CT molecular complexity index is 1350. The van der Waals surface area contributed by atoms with Crippen molar-refractivity contribution in [1.29, 1.82) is 0 Å². The van der Waals surface area contributed by atoms with Gasteiger partial charge >= 0.3 is 6.03 Å². The number of barbiturate groups is 1. The second-order valence-corrected chi connectivity index (χ2v) is 7.94. The van der Waals surface area contributed by atoms with Crippen LogP contribution < -0.4 is 15.0 Å². The lowest BCUT2D eigenvalue weighted by atomic mass is 9.99. The molecule has 0 spiro atoms. The van der Waals surface area contributed by atoms with E-state index in [4.69, 9.17) is 11.2 Å². The van der Waals surface area contributed by atoms with Crippen molar-refractivity contribution in [3.05, 3.63) is 75.8 Å². The normalized spacial score (nSPS) is 15.1. The first kappa shape index (κ1) is 21.3. The SMILES string of the molecule is C#CCOc1ccc2ccccc2c1/C=C1/C(=O)NC(=O)N(c2ccc(Br)c(C)c2)C1=O. The van der Waals surface area contributed by atoms with Gasteiger partial charge in [0.1, 0.15) is 17.9 Å². The Balaban J connectivity index is 1.86. The largest absolute Gasteiger partial charge is 0.480 e. The summed E-state index contributed by atoms with van der Waals surface area (Å²) < 4.78 is 6.50. The number of carbonyl (C=O) groups excluding carboxylic acids is 3. The van der Waals surface area contributed by atoms with Crippen LogP contribution >= 0.6 is 15.9 Å². The number of nitrogens with one attached hydrogen (secondary N) is 1. The van der Waals surface area contributed by atoms with Gasteiger partial charge in [-0.15, -0.1) is 6.42 Å². The number of nitrogens with zero attached hydrogens (tertiary/aromatic N) is 1. The molecular weight excluding hydrogens is 472 g/mol. The van der Waals surface area contributed by atoms with Crippen molar-refractivity contribution in [2.45, 2.75) is 6.92 Å². The molecule has 3 aromatic carbocycles. The number of ether oxygens (including phenoxy) is 1. The van der Waals surface area contributed by atoms with Gasteiger partial charge in [0.25, 0.3) is 11.8 Å². The molecule has 32 heavy (non-hydrogen) atoms. The van der Waals surface area contributed by atoms with Crippen molar-refractivity contribution < 1.29 is 19.1 Å².